The first kappa shape index (κ1) is 13.2. The van der Waals surface area contributed by atoms with E-state index in [-0.39, 0.29) is 19.1 Å². The van der Waals surface area contributed by atoms with Crippen LogP contribution in [0.1, 0.15) is 22.9 Å². The Morgan fingerprint density at radius 2 is 2.16 bits per heavy atom. The van der Waals surface area contributed by atoms with E-state index >= 15 is 0 Å². The van der Waals surface area contributed by atoms with Crippen LogP contribution in [-0.4, -0.2) is 27.9 Å². The molecule has 1 N–H and O–H groups in total. The van der Waals surface area contributed by atoms with E-state index in [1.54, 1.807) is 0 Å². The van der Waals surface area contributed by atoms with Crippen LogP contribution in [0.15, 0.2) is 28.7 Å². The maximum Gasteiger partial charge on any atom is 0.329 e. The lowest BCUT2D eigenvalue weighted by atomic mass is 10.1. The van der Waals surface area contributed by atoms with Crippen molar-refractivity contribution in [1.29, 1.82) is 0 Å². The SMILES string of the molecule is Cc1cccc(Cc2nnc(COCC(=O)O)o2)c1. The Balaban J connectivity index is 1.92. The van der Waals surface area contributed by atoms with Gasteiger partial charge in [0.05, 0.1) is 6.42 Å². The molecule has 0 bridgehead atoms. The molecule has 2 aromatic rings. The molecule has 19 heavy (non-hydrogen) atoms. The van der Waals surface area contributed by atoms with Gasteiger partial charge in [-0.3, -0.25) is 0 Å². The number of aryl methyl sites for hydroxylation is 1. The number of benzene rings is 1. The smallest absolute Gasteiger partial charge is 0.329 e. The van der Waals surface area contributed by atoms with E-state index in [1.807, 2.05) is 31.2 Å². The average molecular weight is 262 g/mol. The zero-order valence-corrected chi connectivity index (χ0v) is 10.5. The third-order valence-corrected chi connectivity index (χ3v) is 2.40. The van der Waals surface area contributed by atoms with Gasteiger partial charge >= 0.3 is 5.97 Å². The van der Waals surface area contributed by atoms with Crippen molar-refractivity contribution in [3.8, 4) is 0 Å². The summed E-state index contributed by atoms with van der Waals surface area (Å²) in [6.07, 6.45) is 0.549. The number of carbonyl (C=O) groups is 1. The third kappa shape index (κ3) is 4.18. The normalized spacial score (nSPS) is 10.6. The fourth-order valence-electron chi connectivity index (χ4n) is 1.64. The Morgan fingerprint density at radius 1 is 1.37 bits per heavy atom. The number of carboxylic acids is 1. The highest BCUT2D eigenvalue weighted by Crippen LogP contribution is 2.10. The van der Waals surface area contributed by atoms with Crippen molar-refractivity contribution in [2.45, 2.75) is 20.0 Å². The van der Waals surface area contributed by atoms with Gasteiger partial charge in [0.25, 0.3) is 0 Å². The number of ether oxygens (including phenoxy) is 1. The molecule has 0 saturated heterocycles. The molecular formula is C13H14N2O4. The zero-order chi connectivity index (χ0) is 13.7. The number of nitrogens with zero attached hydrogens (tertiary/aromatic N) is 2. The number of carboxylic acid groups (broad SMARTS) is 1. The molecule has 0 spiro atoms. The first-order valence-corrected chi connectivity index (χ1v) is 5.80. The molecular weight excluding hydrogens is 248 g/mol. The average Bonchev–Trinajstić information content (AvgIpc) is 2.76. The Labute approximate surface area is 110 Å². The van der Waals surface area contributed by atoms with Crippen LogP contribution in [0.2, 0.25) is 0 Å². The minimum Gasteiger partial charge on any atom is -0.480 e. The maximum absolute atomic E-state index is 10.3. The topological polar surface area (TPSA) is 85.5 Å². The highest BCUT2D eigenvalue weighted by Gasteiger charge is 2.08. The van der Waals surface area contributed by atoms with Gasteiger partial charge in [0.1, 0.15) is 13.2 Å². The zero-order valence-electron chi connectivity index (χ0n) is 10.5. The second kappa shape index (κ2) is 6.10. The summed E-state index contributed by atoms with van der Waals surface area (Å²) in [5.41, 5.74) is 2.25. The highest BCUT2D eigenvalue weighted by molar-refractivity contribution is 5.67. The lowest BCUT2D eigenvalue weighted by molar-refractivity contribution is -0.142. The molecule has 6 nitrogen and oxygen atoms in total. The number of aliphatic carboxylic acids is 1. The summed E-state index contributed by atoms with van der Waals surface area (Å²) in [6, 6.07) is 8.02. The van der Waals surface area contributed by atoms with Gasteiger partial charge in [0.2, 0.25) is 11.8 Å². The summed E-state index contributed by atoms with van der Waals surface area (Å²) in [5.74, 6) is -0.261. The minimum absolute atomic E-state index is 0.00706. The third-order valence-electron chi connectivity index (χ3n) is 2.40. The second-order valence-electron chi connectivity index (χ2n) is 4.14. The minimum atomic E-state index is -1.03. The van der Waals surface area contributed by atoms with Crippen LogP contribution in [0.25, 0.3) is 0 Å². The lowest BCUT2D eigenvalue weighted by Gasteiger charge is -1.98. The molecule has 0 aliphatic carbocycles. The highest BCUT2D eigenvalue weighted by atomic mass is 16.5. The first-order chi connectivity index (χ1) is 9.13. The van der Waals surface area contributed by atoms with Crippen LogP contribution in [-0.2, 0) is 22.6 Å². The molecule has 1 aromatic carbocycles. The van der Waals surface area contributed by atoms with E-state index < -0.39 is 5.97 Å². The predicted molar refractivity (Wildman–Crippen MR) is 65.6 cm³/mol. The van der Waals surface area contributed by atoms with Crippen molar-refractivity contribution in [1.82, 2.24) is 10.2 Å². The van der Waals surface area contributed by atoms with E-state index in [2.05, 4.69) is 10.2 Å². The summed E-state index contributed by atoms with van der Waals surface area (Å²) in [6.45, 7) is 1.64. The quantitative estimate of drug-likeness (QED) is 0.850. The molecule has 6 heteroatoms. The van der Waals surface area contributed by atoms with Gasteiger partial charge in [-0.1, -0.05) is 29.8 Å². The monoisotopic (exact) mass is 262 g/mol. The summed E-state index contributed by atoms with van der Waals surface area (Å²) in [4.78, 5) is 10.3. The van der Waals surface area contributed by atoms with Crippen LogP contribution in [0.3, 0.4) is 0 Å². The summed E-state index contributed by atoms with van der Waals surface area (Å²) in [7, 11) is 0. The largest absolute Gasteiger partial charge is 0.480 e. The molecule has 2 rings (SSSR count). The Bertz CT molecular complexity index is 565. The van der Waals surface area contributed by atoms with Crippen molar-refractivity contribution in [3.05, 3.63) is 47.2 Å². The number of aromatic nitrogens is 2. The molecule has 1 heterocycles. The van der Waals surface area contributed by atoms with Crippen molar-refractivity contribution in [2.75, 3.05) is 6.61 Å². The lowest BCUT2D eigenvalue weighted by Crippen LogP contribution is -2.06. The fraction of sp³-hybridized carbons (Fsp3) is 0.308. The number of hydrogen-bond donors (Lipinski definition) is 1. The van der Waals surface area contributed by atoms with Crippen LogP contribution >= 0.6 is 0 Å². The Hall–Kier alpha value is -2.21. The van der Waals surface area contributed by atoms with Crippen molar-refractivity contribution >= 4 is 5.97 Å². The number of hydrogen-bond acceptors (Lipinski definition) is 5. The predicted octanol–water partition coefficient (Wildman–Crippen LogP) is 1.57. The Morgan fingerprint density at radius 3 is 2.89 bits per heavy atom. The molecule has 0 aliphatic heterocycles. The van der Waals surface area contributed by atoms with Gasteiger partial charge < -0.3 is 14.3 Å². The Kier molecular flexibility index (Phi) is 4.25. The van der Waals surface area contributed by atoms with Crippen LogP contribution < -0.4 is 0 Å². The van der Waals surface area contributed by atoms with Gasteiger partial charge in [-0.05, 0) is 12.5 Å². The van der Waals surface area contributed by atoms with Crippen LogP contribution in [0, 0.1) is 6.92 Å². The molecule has 1 aromatic heterocycles. The molecule has 0 unspecified atom stereocenters. The second-order valence-corrected chi connectivity index (χ2v) is 4.14. The number of rotatable bonds is 6. The van der Waals surface area contributed by atoms with Crippen LogP contribution in [0.5, 0.6) is 0 Å². The van der Waals surface area contributed by atoms with Crippen molar-refractivity contribution in [2.24, 2.45) is 0 Å². The molecule has 0 atom stereocenters. The molecule has 100 valence electrons. The molecule has 0 aliphatic rings. The van der Waals surface area contributed by atoms with Gasteiger partial charge in [0, 0.05) is 0 Å². The van der Waals surface area contributed by atoms with E-state index in [0.717, 1.165) is 5.56 Å². The first-order valence-electron chi connectivity index (χ1n) is 5.80. The van der Waals surface area contributed by atoms with Gasteiger partial charge in [-0.2, -0.15) is 0 Å². The van der Waals surface area contributed by atoms with Crippen molar-refractivity contribution in [3.63, 3.8) is 0 Å². The molecule has 0 amide bonds. The van der Waals surface area contributed by atoms with Gasteiger partial charge in [-0.25, -0.2) is 4.79 Å². The standard InChI is InChI=1S/C13H14N2O4/c1-9-3-2-4-10(5-9)6-11-14-15-12(19-11)7-18-8-13(16)17/h2-5H,6-8H2,1H3,(H,16,17). The van der Waals surface area contributed by atoms with Gasteiger partial charge in [-0.15, -0.1) is 10.2 Å². The molecule has 0 saturated carbocycles. The summed E-state index contributed by atoms with van der Waals surface area (Å²) >= 11 is 0. The van der Waals surface area contributed by atoms with E-state index in [0.29, 0.717) is 12.3 Å². The maximum atomic E-state index is 10.3. The van der Waals surface area contributed by atoms with E-state index in [1.165, 1.54) is 5.56 Å². The summed E-state index contributed by atoms with van der Waals surface area (Å²) in [5, 5.41) is 16.1. The summed E-state index contributed by atoms with van der Waals surface area (Å²) < 4.78 is 10.2. The van der Waals surface area contributed by atoms with Crippen LogP contribution in [0.4, 0.5) is 0 Å². The molecule has 0 radical (unpaired) electrons. The van der Waals surface area contributed by atoms with E-state index in [4.69, 9.17) is 14.3 Å². The van der Waals surface area contributed by atoms with E-state index in [9.17, 15) is 4.79 Å². The molecule has 0 fully saturated rings. The van der Waals surface area contributed by atoms with Gasteiger partial charge in [0.15, 0.2) is 0 Å². The van der Waals surface area contributed by atoms with Crippen molar-refractivity contribution < 1.29 is 19.1 Å². The fourth-order valence-corrected chi connectivity index (χ4v) is 1.64.